The summed E-state index contributed by atoms with van der Waals surface area (Å²) in [5.41, 5.74) is 1.06. The van der Waals surface area contributed by atoms with Crippen molar-refractivity contribution < 1.29 is 9.90 Å². The maximum Gasteiger partial charge on any atom is 0.303 e. The summed E-state index contributed by atoms with van der Waals surface area (Å²) < 4.78 is 0.849. The Bertz CT molecular complexity index is 355. The first kappa shape index (κ1) is 17.1. The molecule has 0 aliphatic heterocycles. The zero-order valence-corrected chi connectivity index (χ0v) is 12.9. The van der Waals surface area contributed by atoms with Crippen LogP contribution in [0.25, 0.3) is 0 Å². The first-order valence-corrected chi connectivity index (χ1v) is 7.23. The van der Waals surface area contributed by atoms with Crippen molar-refractivity contribution in [3.63, 3.8) is 0 Å². The number of carboxylic acid groups (broad SMARTS) is 1. The van der Waals surface area contributed by atoms with Gasteiger partial charge in [0, 0.05) is 12.1 Å². The molecule has 102 valence electrons. The van der Waals surface area contributed by atoms with Gasteiger partial charge >= 0.3 is 5.97 Å². The largest absolute Gasteiger partial charge is 0.481 e. The topological polar surface area (TPSA) is 50.2 Å². The molecular weight excluding hydrogens is 294 g/mol. The van der Waals surface area contributed by atoms with Crippen LogP contribution in [-0.4, -0.2) is 16.1 Å². The van der Waals surface area contributed by atoms with Crippen molar-refractivity contribution in [1.29, 1.82) is 0 Å². The van der Waals surface area contributed by atoms with Gasteiger partial charge in [0.25, 0.3) is 0 Å². The fourth-order valence-electron chi connectivity index (χ4n) is 1.57. The lowest BCUT2D eigenvalue weighted by molar-refractivity contribution is -0.137. The van der Waals surface area contributed by atoms with Crippen molar-refractivity contribution in [3.05, 3.63) is 28.5 Å². The Morgan fingerprint density at radius 1 is 1.39 bits per heavy atom. The highest BCUT2D eigenvalue weighted by Crippen LogP contribution is 2.21. The highest BCUT2D eigenvalue weighted by Gasteiger charge is 2.07. The number of carboxylic acids is 1. The van der Waals surface area contributed by atoms with Gasteiger partial charge in [0.05, 0.1) is 0 Å². The lowest BCUT2D eigenvalue weighted by Gasteiger charge is -2.10. The van der Waals surface area contributed by atoms with Gasteiger partial charge in [-0.2, -0.15) is 0 Å². The van der Waals surface area contributed by atoms with E-state index in [0.29, 0.717) is 5.92 Å². The Kier molecular flexibility index (Phi) is 9.56. The van der Waals surface area contributed by atoms with Crippen LogP contribution in [0, 0.1) is 0 Å². The van der Waals surface area contributed by atoms with Gasteiger partial charge in [-0.1, -0.05) is 33.3 Å². The lowest BCUT2D eigenvalue weighted by Crippen LogP contribution is -1.99. The molecule has 0 fully saturated rings. The summed E-state index contributed by atoms with van der Waals surface area (Å²) in [5.74, 6) is -0.334. The molecular formula is C14H22BrNO2. The number of nitrogens with zero attached hydrogens (tertiary/aromatic N) is 1. The summed E-state index contributed by atoms with van der Waals surface area (Å²) in [6.45, 7) is 6.12. The molecule has 1 aromatic rings. The van der Waals surface area contributed by atoms with E-state index in [0.717, 1.165) is 29.6 Å². The maximum atomic E-state index is 10.3. The Morgan fingerprint density at radius 3 is 2.61 bits per heavy atom. The minimum atomic E-state index is -0.715. The van der Waals surface area contributed by atoms with Crippen LogP contribution >= 0.6 is 15.9 Å². The van der Waals surface area contributed by atoms with Crippen LogP contribution in [0.2, 0.25) is 0 Å². The molecule has 0 radical (unpaired) electrons. The summed E-state index contributed by atoms with van der Waals surface area (Å²) in [6, 6.07) is 5.88. The average molecular weight is 316 g/mol. The van der Waals surface area contributed by atoms with Crippen LogP contribution < -0.4 is 0 Å². The van der Waals surface area contributed by atoms with Crippen molar-refractivity contribution in [2.24, 2.45) is 0 Å². The molecule has 0 amide bonds. The van der Waals surface area contributed by atoms with Crippen LogP contribution in [0.4, 0.5) is 0 Å². The van der Waals surface area contributed by atoms with Gasteiger partial charge in [-0.25, -0.2) is 4.98 Å². The Labute approximate surface area is 118 Å². The molecule has 1 N–H and O–H groups in total. The van der Waals surface area contributed by atoms with Crippen LogP contribution in [0.1, 0.15) is 58.1 Å². The molecule has 1 aromatic heterocycles. The molecule has 0 saturated heterocycles. The van der Waals surface area contributed by atoms with Gasteiger partial charge in [-0.05, 0) is 46.8 Å². The number of aliphatic carboxylic acids is 1. The van der Waals surface area contributed by atoms with Crippen LogP contribution in [0.3, 0.4) is 0 Å². The van der Waals surface area contributed by atoms with Gasteiger partial charge in [0.1, 0.15) is 4.60 Å². The van der Waals surface area contributed by atoms with Crippen molar-refractivity contribution in [1.82, 2.24) is 4.98 Å². The van der Waals surface area contributed by atoms with Crippen molar-refractivity contribution in [2.45, 2.75) is 52.4 Å². The van der Waals surface area contributed by atoms with E-state index in [-0.39, 0.29) is 6.42 Å². The third-order valence-electron chi connectivity index (χ3n) is 2.52. The number of aromatic nitrogens is 1. The highest BCUT2D eigenvalue weighted by molar-refractivity contribution is 9.10. The quantitative estimate of drug-likeness (QED) is 0.615. The molecule has 3 nitrogen and oxygen atoms in total. The predicted octanol–water partition coefficient (Wildman–Crippen LogP) is 4.62. The Hall–Kier alpha value is -0.900. The molecule has 1 rings (SSSR count). The minimum Gasteiger partial charge on any atom is -0.481 e. The van der Waals surface area contributed by atoms with Crippen molar-refractivity contribution in [3.8, 4) is 0 Å². The molecule has 1 heterocycles. The molecule has 1 atom stereocenters. The fourth-order valence-corrected chi connectivity index (χ4v) is 1.93. The normalized spacial score (nSPS) is 11.3. The van der Waals surface area contributed by atoms with Gasteiger partial charge < -0.3 is 5.11 Å². The first-order valence-electron chi connectivity index (χ1n) is 6.44. The number of unbranched alkanes of at least 4 members (excludes halogenated alkanes) is 1. The molecule has 0 aromatic carbocycles. The average Bonchev–Trinajstić information content (AvgIpc) is 2.36. The van der Waals surface area contributed by atoms with Crippen molar-refractivity contribution >= 4 is 21.9 Å². The van der Waals surface area contributed by atoms with Crippen LogP contribution in [-0.2, 0) is 4.79 Å². The first-order chi connectivity index (χ1) is 8.59. The van der Waals surface area contributed by atoms with Gasteiger partial charge in [0.2, 0.25) is 0 Å². The van der Waals surface area contributed by atoms with Crippen LogP contribution in [0.15, 0.2) is 22.8 Å². The van der Waals surface area contributed by atoms with E-state index in [1.165, 1.54) is 0 Å². The zero-order valence-electron chi connectivity index (χ0n) is 11.3. The van der Waals surface area contributed by atoms with E-state index in [9.17, 15) is 4.79 Å². The number of hydrogen-bond donors (Lipinski definition) is 1. The summed E-state index contributed by atoms with van der Waals surface area (Å²) in [5, 5.41) is 8.51. The summed E-state index contributed by atoms with van der Waals surface area (Å²) in [7, 11) is 0. The maximum absolute atomic E-state index is 10.3. The molecule has 0 aliphatic rings. The molecule has 18 heavy (non-hydrogen) atoms. The number of rotatable bonds is 6. The molecule has 1 unspecified atom stereocenters. The van der Waals surface area contributed by atoms with E-state index < -0.39 is 5.97 Å². The third-order valence-corrected chi connectivity index (χ3v) is 2.96. The van der Waals surface area contributed by atoms with E-state index in [2.05, 4.69) is 27.8 Å². The second-order valence-electron chi connectivity index (χ2n) is 3.93. The van der Waals surface area contributed by atoms with Crippen LogP contribution in [0.5, 0.6) is 0 Å². The number of pyridine rings is 1. The van der Waals surface area contributed by atoms with E-state index >= 15 is 0 Å². The minimum absolute atomic E-state index is 0.263. The second kappa shape index (κ2) is 10.1. The number of hydrogen-bond acceptors (Lipinski definition) is 2. The van der Waals surface area contributed by atoms with Gasteiger partial charge in [0.15, 0.2) is 0 Å². The summed E-state index contributed by atoms with van der Waals surface area (Å²) >= 11 is 3.34. The monoisotopic (exact) mass is 315 g/mol. The molecule has 0 bridgehead atoms. The zero-order chi connectivity index (χ0) is 14.0. The number of carbonyl (C=O) groups is 1. The predicted molar refractivity (Wildman–Crippen MR) is 77.8 cm³/mol. The summed E-state index contributed by atoms with van der Waals surface area (Å²) in [4.78, 5) is 14.7. The lowest BCUT2D eigenvalue weighted by atomic mass is 9.99. The Morgan fingerprint density at radius 2 is 2.06 bits per heavy atom. The van der Waals surface area contributed by atoms with Crippen molar-refractivity contribution in [2.75, 3.05) is 0 Å². The second-order valence-corrected chi connectivity index (χ2v) is 4.74. The number of halogens is 1. The Balaban J connectivity index is 0.00000137. The van der Waals surface area contributed by atoms with E-state index in [1.807, 2.05) is 32.0 Å². The SMILES string of the molecule is CC.CC(CCCCC(=O)O)c1cccc(Br)n1. The third kappa shape index (κ3) is 7.43. The molecule has 0 saturated carbocycles. The van der Waals surface area contributed by atoms with E-state index in [1.54, 1.807) is 0 Å². The van der Waals surface area contributed by atoms with E-state index in [4.69, 9.17) is 5.11 Å². The highest BCUT2D eigenvalue weighted by atomic mass is 79.9. The molecule has 4 heteroatoms. The van der Waals surface area contributed by atoms with Gasteiger partial charge in [-0.15, -0.1) is 0 Å². The molecule has 0 spiro atoms. The standard InChI is InChI=1S/C12H16BrNO2.C2H6/c1-9(5-2-3-8-12(15)16)10-6-4-7-11(13)14-10;1-2/h4,6-7,9H,2-3,5,8H2,1H3,(H,15,16);1-2H3. The molecule has 0 aliphatic carbocycles. The van der Waals surface area contributed by atoms with Gasteiger partial charge in [-0.3, -0.25) is 4.79 Å². The smallest absolute Gasteiger partial charge is 0.303 e. The fraction of sp³-hybridized carbons (Fsp3) is 0.571. The summed E-state index contributed by atoms with van der Waals surface area (Å²) in [6.07, 6.45) is 2.92.